The predicted molar refractivity (Wildman–Crippen MR) is 116 cm³/mol. The molecule has 0 saturated carbocycles. The Hall–Kier alpha value is -3.73. The molecule has 0 unspecified atom stereocenters. The van der Waals surface area contributed by atoms with Gasteiger partial charge in [0.25, 0.3) is 5.91 Å². The largest absolute Gasteiger partial charge is 0.455 e. The Bertz CT molecular complexity index is 1040. The fourth-order valence-corrected chi connectivity index (χ4v) is 3.35. The standard InChI is InChI=1S/C25H22N2O3/c28-24(27-16-15-23(26-27)22-9-5-2-6-10-22)18-30-25(29)17-19-11-13-21(14-12-19)20-7-3-1-4-8-20/h1-14H,15-18H2. The van der Waals surface area contributed by atoms with Gasteiger partial charge in [-0.2, -0.15) is 5.10 Å². The second-order valence-corrected chi connectivity index (χ2v) is 7.08. The molecule has 0 N–H and O–H groups in total. The van der Waals surface area contributed by atoms with Crippen LogP contribution in [0.2, 0.25) is 0 Å². The third-order valence-corrected chi connectivity index (χ3v) is 4.96. The van der Waals surface area contributed by atoms with Gasteiger partial charge in [0.15, 0.2) is 6.61 Å². The van der Waals surface area contributed by atoms with Crippen molar-refractivity contribution in [3.63, 3.8) is 0 Å². The van der Waals surface area contributed by atoms with Gasteiger partial charge in [0.05, 0.1) is 18.7 Å². The Balaban J connectivity index is 1.28. The summed E-state index contributed by atoms with van der Waals surface area (Å²) in [5.74, 6) is -0.740. The van der Waals surface area contributed by atoms with Crippen molar-refractivity contribution in [2.45, 2.75) is 12.8 Å². The van der Waals surface area contributed by atoms with Crippen molar-refractivity contribution in [2.75, 3.05) is 13.2 Å². The van der Waals surface area contributed by atoms with Crippen LogP contribution in [0.25, 0.3) is 11.1 Å². The molecule has 30 heavy (non-hydrogen) atoms. The number of hydrogen-bond donors (Lipinski definition) is 0. The molecule has 5 nitrogen and oxygen atoms in total. The van der Waals surface area contributed by atoms with E-state index in [4.69, 9.17) is 4.74 Å². The van der Waals surface area contributed by atoms with Gasteiger partial charge in [-0.1, -0.05) is 84.9 Å². The maximum atomic E-state index is 12.3. The van der Waals surface area contributed by atoms with Gasteiger partial charge in [-0.25, -0.2) is 5.01 Å². The van der Waals surface area contributed by atoms with E-state index in [1.165, 1.54) is 5.01 Å². The lowest BCUT2D eigenvalue weighted by molar-refractivity contribution is -0.151. The summed E-state index contributed by atoms with van der Waals surface area (Å²) in [7, 11) is 0. The number of amides is 1. The summed E-state index contributed by atoms with van der Waals surface area (Å²) in [5.41, 5.74) is 4.93. The quantitative estimate of drug-likeness (QED) is 0.588. The Morgan fingerprint density at radius 1 is 0.800 bits per heavy atom. The molecule has 0 atom stereocenters. The van der Waals surface area contributed by atoms with E-state index in [-0.39, 0.29) is 18.9 Å². The maximum absolute atomic E-state index is 12.3. The van der Waals surface area contributed by atoms with Gasteiger partial charge in [-0.3, -0.25) is 9.59 Å². The molecule has 0 aromatic heterocycles. The number of benzene rings is 3. The third kappa shape index (κ3) is 4.81. The lowest BCUT2D eigenvalue weighted by atomic mass is 10.0. The zero-order valence-electron chi connectivity index (χ0n) is 16.5. The van der Waals surface area contributed by atoms with Crippen LogP contribution in [0.4, 0.5) is 0 Å². The van der Waals surface area contributed by atoms with Crippen molar-refractivity contribution in [1.82, 2.24) is 5.01 Å². The van der Waals surface area contributed by atoms with Crippen molar-refractivity contribution in [3.8, 4) is 11.1 Å². The maximum Gasteiger partial charge on any atom is 0.310 e. The second kappa shape index (κ2) is 9.18. The minimum atomic E-state index is -0.428. The molecule has 150 valence electrons. The number of hydrogen-bond acceptors (Lipinski definition) is 4. The van der Waals surface area contributed by atoms with Crippen LogP contribution < -0.4 is 0 Å². The minimum Gasteiger partial charge on any atom is -0.455 e. The second-order valence-electron chi connectivity index (χ2n) is 7.08. The molecule has 0 bridgehead atoms. The molecule has 1 amide bonds. The summed E-state index contributed by atoms with van der Waals surface area (Å²) < 4.78 is 5.18. The highest BCUT2D eigenvalue weighted by atomic mass is 16.5. The van der Waals surface area contributed by atoms with Crippen LogP contribution in [-0.4, -0.2) is 35.7 Å². The Kier molecular flexibility index (Phi) is 5.99. The van der Waals surface area contributed by atoms with Crippen LogP contribution in [0, 0.1) is 0 Å². The summed E-state index contributed by atoms with van der Waals surface area (Å²) in [4.78, 5) is 24.5. The number of rotatable bonds is 6. The zero-order chi connectivity index (χ0) is 20.8. The molecular weight excluding hydrogens is 376 g/mol. The molecule has 0 aliphatic carbocycles. The number of carbonyl (C=O) groups excluding carboxylic acids is 2. The van der Waals surface area contributed by atoms with Crippen LogP contribution >= 0.6 is 0 Å². The molecule has 0 fully saturated rings. The highest BCUT2D eigenvalue weighted by Gasteiger charge is 2.22. The molecular formula is C25H22N2O3. The lowest BCUT2D eigenvalue weighted by Crippen LogP contribution is -2.29. The summed E-state index contributed by atoms with van der Waals surface area (Å²) in [6.45, 7) is 0.202. The van der Waals surface area contributed by atoms with Crippen LogP contribution in [0.1, 0.15) is 17.5 Å². The van der Waals surface area contributed by atoms with Gasteiger partial charge >= 0.3 is 5.97 Å². The van der Waals surface area contributed by atoms with E-state index in [9.17, 15) is 9.59 Å². The van der Waals surface area contributed by atoms with E-state index < -0.39 is 5.97 Å². The zero-order valence-corrected chi connectivity index (χ0v) is 16.5. The molecule has 0 spiro atoms. The number of ether oxygens (including phenoxy) is 1. The van der Waals surface area contributed by atoms with Crippen LogP contribution in [0.15, 0.2) is 90.0 Å². The minimum absolute atomic E-state index is 0.126. The van der Waals surface area contributed by atoms with E-state index in [1.54, 1.807) is 0 Å². The topological polar surface area (TPSA) is 59.0 Å². The Morgan fingerprint density at radius 2 is 1.40 bits per heavy atom. The summed E-state index contributed by atoms with van der Waals surface area (Å²) in [6.07, 6.45) is 0.818. The van der Waals surface area contributed by atoms with Crippen LogP contribution in [-0.2, 0) is 20.7 Å². The average Bonchev–Trinajstić information content (AvgIpc) is 3.30. The Morgan fingerprint density at radius 3 is 2.07 bits per heavy atom. The first-order valence-corrected chi connectivity index (χ1v) is 9.92. The SMILES string of the molecule is O=C(Cc1ccc(-c2ccccc2)cc1)OCC(=O)N1CCC(c2ccccc2)=N1. The van der Waals surface area contributed by atoms with Crippen molar-refractivity contribution < 1.29 is 14.3 Å². The molecule has 4 rings (SSSR count). The van der Waals surface area contributed by atoms with Crippen molar-refractivity contribution in [3.05, 3.63) is 96.1 Å². The van der Waals surface area contributed by atoms with Crippen molar-refractivity contribution >= 4 is 17.6 Å². The Labute approximate surface area is 175 Å². The molecule has 1 heterocycles. The van der Waals surface area contributed by atoms with Crippen LogP contribution in [0.3, 0.4) is 0 Å². The fraction of sp³-hybridized carbons (Fsp3) is 0.160. The molecule has 0 radical (unpaired) electrons. The van der Waals surface area contributed by atoms with Gasteiger partial charge in [0.1, 0.15) is 0 Å². The van der Waals surface area contributed by atoms with Gasteiger partial charge in [0.2, 0.25) is 0 Å². The van der Waals surface area contributed by atoms with Crippen molar-refractivity contribution in [2.24, 2.45) is 5.10 Å². The normalized spacial score (nSPS) is 13.1. The van der Waals surface area contributed by atoms with Gasteiger partial charge in [-0.05, 0) is 22.3 Å². The molecule has 1 aliphatic heterocycles. The molecule has 3 aromatic carbocycles. The van der Waals surface area contributed by atoms with Crippen LogP contribution in [0.5, 0.6) is 0 Å². The van der Waals surface area contributed by atoms with E-state index in [0.717, 1.165) is 28.0 Å². The first-order chi connectivity index (χ1) is 14.7. The fourth-order valence-electron chi connectivity index (χ4n) is 3.35. The van der Waals surface area contributed by atoms with Crippen molar-refractivity contribution in [1.29, 1.82) is 0 Å². The smallest absolute Gasteiger partial charge is 0.310 e. The monoisotopic (exact) mass is 398 g/mol. The van der Waals surface area contributed by atoms with E-state index >= 15 is 0 Å². The summed E-state index contributed by atoms with van der Waals surface area (Å²) >= 11 is 0. The average molecular weight is 398 g/mol. The number of esters is 1. The van der Waals surface area contributed by atoms with E-state index in [1.807, 2.05) is 84.9 Å². The van der Waals surface area contributed by atoms with E-state index in [2.05, 4.69) is 5.10 Å². The molecule has 0 saturated heterocycles. The molecule has 3 aromatic rings. The first-order valence-electron chi connectivity index (χ1n) is 9.92. The molecule has 5 heteroatoms. The van der Waals surface area contributed by atoms with Gasteiger partial charge in [-0.15, -0.1) is 0 Å². The summed E-state index contributed by atoms with van der Waals surface area (Å²) in [5, 5.41) is 5.75. The number of hydrazone groups is 1. The molecule has 1 aliphatic rings. The first kappa shape index (κ1) is 19.6. The highest BCUT2D eigenvalue weighted by molar-refractivity contribution is 6.02. The third-order valence-electron chi connectivity index (χ3n) is 4.96. The van der Waals surface area contributed by atoms with E-state index in [0.29, 0.717) is 13.0 Å². The highest BCUT2D eigenvalue weighted by Crippen LogP contribution is 2.19. The summed E-state index contributed by atoms with van der Waals surface area (Å²) in [6, 6.07) is 27.6. The number of nitrogens with zero attached hydrogens (tertiary/aromatic N) is 2. The number of carbonyl (C=O) groups is 2. The predicted octanol–water partition coefficient (Wildman–Crippen LogP) is 4.08. The van der Waals surface area contributed by atoms with Gasteiger partial charge < -0.3 is 4.74 Å². The lowest BCUT2D eigenvalue weighted by Gasteiger charge is -2.11. The van der Waals surface area contributed by atoms with Gasteiger partial charge in [0, 0.05) is 6.42 Å².